The topological polar surface area (TPSA) is 186 Å². The molecule has 3 N–H and O–H groups in total. The standard InChI is InChI=1S/C35H49N7O7S/c1-19-27-15-24(35(27,3)4)16-28(19)38-34(45)31-30(20(2)43)29(17-37-40-36)49-42(31)18-21-10-9-11-26(32(21)48-7)22-12-23(14-25(13-22)41(5)6)33(44)39-50(8,46)47/h9-14,19-20,24,27-31,43H,15-18H2,1-8H3,(H,38,45)(H,39,44)/t19-,20-,24+,27-,28-,29-,30+,31-/m0/s1. The van der Waals surface area contributed by atoms with E-state index in [0.717, 1.165) is 12.7 Å². The first-order valence-corrected chi connectivity index (χ1v) is 18.8. The van der Waals surface area contributed by atoms with Crippen molar-refractivity contribution in [2.24, 2.45) is 34.2 Å². The summed E-state index contributed by atoms with van der Waals surface area (Å²) in [5.74, 6) is 0.0804. The zero-order chi connectivity index (χ0) is 36.7. The van der Waals surface area contributed by atoms with Crippen LogP contribution in [0, 0.1) is 29.1 Å². The summed E-state index contributed by atoms with van der Waals surface area (Å²) in [7, 11) is 1.34. The Morgan fingerprint density at radius 2 is 1.96 bits per heavy atom. The summed E-state index contributed by atoms with van der Waals surface area (Å²) in [6.07, 6.45) is 1.27. The van der Waals surface area contributed by atoms with Crippen LogP contribution in [0.1, 0.15) is 56.5 Å². The van der Waals surface area contributed by atoms with Crippen LogP contribution in [0.5, 0.6) is 5.75 Å². The average molecular weight is 712 g/mol. The summed E-state index contributed by atoms with van der Waals surface area (Å²) in [5.41, 5.74) is 12.0. The highest BCUT2D eigenvalue weighted by atomic mass is 32.2. The van der Waals surface area contributed by atoms with Crippen molar-refractivity contribution in [2.75, 3.05) is 38.9 Å². The lowest BCUT2D eigenvalue weighted by Crippen LogP contribution is -2.62. The number of aliphatic hydroxyl groups excluding tert-OH is 1. The fourth-order valence-corrected chi connectivity index (χ4v) is 8.78. The average Bonchev–Trinajstić information content (AvgIpc) is 3.41. The van der Waals surface area contributed by atoms with Crippen LogP contribution in [0.2, 0.25) is 0 Å². The molecule has 2 bridgehead atoms. The van der Waals surface area contributed by atoms with Gasteiger partial charge in [0.25, 0.3) is 5.91 Å². The number of carbonyl (C=O) groups is 2. The Morgan fingerprint density at radius 3 is 2.54 bits per heavy atom. The van der Waals surface area contributed by atoms with E-state index >= 15 is 0 Å². The number of anilines is 1. The van der Waals surface area contributed by atoms with Gasteiger partial charge in [-0.05, 0) is 72.2 Å². The number of hydroxylamine groups is 2. The molecule has 2 aromatic carbocycles. The van der Waals surface area contributed by atoms with Gasteiger partial charge in [-0.3, -0.25) is 14.4 Å². The smallest absolute Gasteiger partial charge is 0.264 e. The van der Waals surface area contributed by atoms with Crippen LogP contribution in [-0.2, 0) is 26.2 Å². The van der Waals surface area contributed by atoms with E-state index in [9.17, 15) is 23.1 Å². The van der Waals surface area contributed by atoms with Gasteiger partial charge in [0.2, 0.25) is 15.9 Å². The molecule has 4 fully saturated rings. The van der Waals surface area contributed by atoms with Gasteiger partial charge in [-0.15, -0.1) is 0 Å². The zero-order valence-electron chi connectivity index (χ0n) is 30.0. The lowest BCUT2D eigenvalue weighted by atomic mass is 9.45. The fraction of sp³-hybridized carbons (Fsp3) is 0.600. The van der Waals surface area contributed by atoms with Gasteiger partial charge in [0.1, 0.15) is 11.8 Å². The molecule has 0 spiro atoms. The summed E-state index contributed by atoms with van der Waals surface area (Å²) >= 11 is 0. The van der Waals surface area contributed by atoms with Gasteiger partial charge in [-0.25, -0.2) is 13.1 Å². The zero-order valence-corrected chi connectivity index (χ0v) is 30.8. The van der Waals surface area contributed by atoms with Crippen LogP contribution in [0.4, 0.5) is 5.69 Å². The number of para-hydroxylation sites is 1. The van der Waals surface area contributed by atoms with Gasteiger partial charge in [0.15, 0.2) is 0 Å². The van der Waals surface area contributed by atoms with Gasteiger partial charge in [-0.2, -0.15) is 5.06 Å². The van der Waals surface area contributed by atoms with Crippen LogP contribution in [0.3, 0.4) is 0 Å². The quantitative estimate of drug-likeness (QED) is 0.166. The number of hydrogen-bond acceptors (Lipinski definition) is 10. The van der Waals surface area contributed by atoms with Crippen molar-refractivity contribution in [2.45, 2.75) is 71.4 Å². The van der Waals surface area contributed by atoms with Crippen LogP contribution < -0.4 is 19.7 Å². The molecule has 14 nitrogen and oxygen atoms in total. The molecule has 0 aromatic heterocycles. The number of sulfonamides is 1. The Kier molecular flexibility index (Phi) is 10.8. The lowest BCUT2D eigenvalue weighted by Gasteiger charge is -2.62. The summed E-state index contributed by atoms with van der Waals surface area (Å²) < 4.78 is 31.7. The molecule has 0 radical (unpaired) electrons. The summed E-state index contributed by atoms with van der Waals surface area (Å²) in [6, 6.07) is 9.62. The number of nitrogens with one attached hydrogen (secondary N) is 2. The molecule has 6 rings (SSSR count). The first-order chi connectivity index (χ1) is 23.5. The second-order valence-corrected chi connectivity index (χ2v) is 16.6. The second-order valence-electron chi connectivity index (χ2n) is 14.8. The van der Waals surface area contributed by atoms with E-state index in [2.05, 4.69) is 36.1 Å². The Morgan fingerprint density at radius 1 is 1.24 bits per heavy atom. The molecule has 3 aliphatic carbocycles. The van der Waals surface area contributed by atoms with Crippen LogP contribution in [0.25, 0.3) is 21.6 Å². The van der Waals surface area contributed by atoms with Crippen molar-refractivity contribution in [3.05, 3.63) is 58.0 Å². The maximum Gasteiger partial charge on any atom is 0.264 e. The van der Waals surface area contributed by atoms with E-state index in [0.29, 0.717) is 40.0 Å². The Bertz CT molecular complexity index is 1780. The Balaban J connectivity index is 1.50. The predicted molar refractivity (Wildman–Crippen MR) is 190 cm³/mol. The van der Waals surface area contributed by atoms with Gasteiger partial charge >= 0.3 is 0 Å². The molecule has 8 atom stereocenters. The monoisotopic (exact) mass is 711 g/mol. The van der Waals surface area contributed by atoms with Crippen LogP contribution in [0.15, 0.2) is 41.5 Å². The molecule has 2 amide bonds. The molecule has 1 saturated heterocycles. The van der Waals surface area contributed by atoms with Crippen molar-refractivity contribution >= 4 is 27.5 Å². The minimum atomic E-state index is -3.80. The number of azide groups is 1. The van der Waals surface area contributed by atoms with Crippen molar-refractivity contribution in [3.8, 4) is 16.9 Å². The lowest BCUT2D eigenvalue weighted by molar-refractivity contribution is -0.175. The molecule has 15 heteroatoms. The summed E-state index contributed by atoms with van der Waals surface area (Å²) in [5, 5.41) is 19.6. The minimum Gasteiger partial charge on any atom is -0.496 e. The van der Waals surface area contributed by atoms with Crippen molar-refractivity contribution in [3.63, 3.8) is 0 Å². The van der Waals surface area contributed by atoms with Gasteiger partial charge in [0.05, 0.1) is 38.7 Å². The Labute approximate surface area is 294 Å². The minimum absolute atomic E-state index is 0.0112. The predicted octanol–water partition coefficient (Wildman–Crippen LogP) is 4.10. The number of rotatable bonds is 12. The summed E-state index contributed by atoms with van der Waals surface area (Å²) in [4.78, 5) is 38.2. The normalized spacial score (nSPS) is 27.7. The number of amides is 2. The van der Waals surface area contributed by atoms with Gasteiger partial charge in [-0.1, -0.05) is 44.1 Å². The highest BCUT2D eigenvalue weighted by molar-refractivity contribution is 7.89. The molecule has 2 aromatic rings. The maximum atomic E-state index is 14.3. The molecular weight excluding hydrogens is 662 g/mol. The van der Waals surface area contributed by atoms with E-state index in [1.807, 2.05) is 43.1 Å². The number of benzene rings is 2. The Hall–Kier alpha value is -3.88. The van der Waals surface area contributed by atoms with Crippen LogP contribution in [-0.4, -0.2) is 88.7 Å². The van der Waals surface area contributed by atoms with E-state index in [1.54, 1.807) is 29.0 Å². The molecular formula is C35H49N7O7S. The maximum absolute atomic E-state index is 14.3. The number of ether oxygens (including phenoxy) is 1. The number of carbonyl (C=O) groups excluding carboxylic acids is 2. The van der Waals surface area contributed by atoms with E-state index in [-0.39, 0.29) is 41.9 Å². The number of methoxy groups -OCH3 is 1. The van der Waals surface area contributed by atoms with Gasteiger partial charge < -0.3 is 20.1 Å². The fourth-order valence-electron chi connectivity index (χ4n) is 8.33. The third kappa shape index (κ3) is 7.42. The first-order valence-electron chi connectivity index (χ1n) is 16.9. The molecule has 272 valence electrons. The third-order valence-corrected chi connectivity index (χ3v) is 11.7. The number of hydrogen-bond donors (Lipinski definition) is 3. The molecule has 1 heterocycles. The molecule has 3 saturated carbocycles. The van der Waals surface area contributed by atoms with Gasteiger partial charge in [0, 0.05) is 53.3 Å². The van der Waals surface area contributed by atoms with E-state index in [1.165, 1.54) is 13.5 Å². The number of fused-ring (bicyclic) bond motifs is 2. The highest BCUT2D eigenvalue weighted by Crippen LogP contribution is 2.61. The van der Waals surface area contributed by atoms with Crippen molar-refractivity contribution < 1.29 is 32.7 Å². The first kappa shape index (κ1) is 37.4. The van der Waals surface area contributed by atoms with Crippen LogP contribution >= 0.6 is 0 Å². The van der Waals surface area contributed by atoms with E-state index in [4.69, 9.17) is 15.1 Å². The number of aliphatic hydroxyl groups is 1. The van der Waals surface area contributed by atoms with Crippen molar-refractivity contribution in [1.82, 2.24) is 15.1 Å². The van der Waals surface area contributed by atoms with E-state index < -0.39 is 40.1 Å². The molecule has 0 unspecified atom stereocenters. The molecule has 4 aliphatic rings. The second kappa shape index (κ2) is 14.4. The molecule has 50 heavy (non-hydrogen) atoms. The highest BCUT2D eigenvalue weighted by Gasteiger charge is 2.57. The van der Waals surface area contributed by atoms with Crippen molar-refractivity contribution in [1.29, 1.82) is 0 Å². The third-order valence-electron chi connectivity index (χ3n) is 11.1. The largest absolute Gasteiger partial charge is 0.496 e. The summed E-state index contributed by atoms with van der Waals surface area (Å²) in [6.45, 7) is 8.43. The number of nitrogens with zero attached hydrogens (tertiary/aromatic N) is 5. The molecule has 1 aliphatic heterocycles. The SMILES string of the molecule is COc1c(CN2O[C@@H](CN=[N+]=[N-])[C@@H]([C@H](C)O)[C@H]2C(=O)N[C@H]2C[C@H]3C[C@@H]([C@@H]2C)C3(C)C)cccc1-c1cc(C(=O)NS(C)(=O)=O)cc(N(C)C)c1.